The van der Waals surface area contributed by atoms with E-state index in [1.165, 1.54) is 9.75 Å². The summed E-state index contributed by atoms with van der Waals surface area (Å²) in [4.78, 5) is 2.78. The summed E-state index contributed by atoms with van der Waals surface area (Å²) in [5, 5.41) is 4.98. The molecule has 1 aromatic heterocycles. The predicted octanol–water partition coefficient (Wildman–Crippen LogP) is 6.03. The van der Waals surface area contributed by atoms with Crippen molar-refractivity contribution in [1.82, 2.24) is 5.32 Å². The smallest absolute Gasteiger partial charge is 0.0468 e. The molecule has 2 aromatic rings. The van der Waals surface area contributed by atoms with Gasteiger partial charge < -0.3 is 5.32 Å². The molecule has 0 aliphatic carbocycles. The lowest BCUT2D eigenvalue weighted by atomic mass is 10.1. The normalized spacial score (nSPS) is 14.2. The van der Waals surface area contributed by atoms with Gasteiger partial charge in [0.25, 0.3) is 0 Å². The van der Waals surface area contributed by atoms with Crippen LogP contribution in [0.15, 0.2) is 30.3 Å². The van der Waals surface area contributed by atoms with Crippen molar-refractivity contribution >= 4 is 34.5 Å². The fourth-order valence-corrected chi connectivity index (χ4v) is 3.75. The summed E-state index contributed by atoms with van der Waals surface area (Å²) in [6.45, 7) is 6.50. The van der Waals surface area contributed by atoms with Gasteiger partial charge in [-0.05, 0) is 50.1 Å². The third-order valence-corrected chi connectivity index (χ3v) is 5.36. The summed E-state index contributed by atoms with van der Waals surface area (Å²) in [5.41, 5.74) is 1.08. The topological polar surface area (TPSA) is 12.0 Å². The minimum absolute atomic E-state index is 0.182. The van der Waals surface area contributed by atoms with Gasteiger partial charge in [0.1, 0.15) is 0 Å². The maximum atomic E-state index is 6.26. The van der Waals surface area contributed by atoms with Gasteiger partial charge in [-0.3, -0.25) is 0 Å². The van der Waals surface area contributed by atoms with E-state index >= 15 is 0 Å². The molecule has 0 spiro atoms. The van der Waals surface area contributed by atoms with Crippen LogP contribution in [0.25, 0.3) is 0 Å². The molecule has 1 nitrogen and oxygen atoms in total. The molecule has 0 saturated heterocycles. The van der Waals surface area contributed by atoms with E-state index in [-0.39, 0.29) is 6.04 Å². The van der Waals surface area contributed by atoms with Crippen molar-refractivity contribution in [2.75, 3.05) is 0 Å². The largest absolute Gasteiger partial charge is 0.303 e. The Morgan fingerprint density at radius 2 is 1.85 bits per heavy atom. The van der Waals surface area contributed by atoms with Crippen LogP contribution in [0.5, 0.6) is 0 Å². The number of aryl methyl sites for hydroxylation is 1. The Bertz CT molecular complexity index is 580. The predicted molar refractivity (Wildman–Crippen MR) is 90.1 cm³/mol. The lowest BCUT2D eigenvalue weighted by molar-refractivity contribution is 0.500. The van der Waals surface area contributed by atoms with Crippen LogP contribution < -0.4 is 5.32 Å². The van der Waals surface area contributed by atoms with Crippen molar-refractivity contribution in [3.63, 3.8) is 0 Å². The molecule has 0 aliphatic heterocycles. The molecule has 0 bridgehead atoms. The van der Waals surface area contributed by atoms with Crippen LogP contribution in [-0.2, 0) is 6.42 Å². The quantitative estimate of drug-likeness (QED) is 0.706. The second-order valence-corrected chi connectivity index (χ2v) is 6.98. The maximum Gasteiger partial charge on any atom is 0.0468 e. The molecular formula is C16H19Cl2NS. The molecule has 108 valence electrons. The van der Waals surface area contributed by atoms with Crippen LogP contribution in [0.1, 0.15) is 48.2 Å². The number of hydrogen-bond donors (Lipinski definition) is 1. The third-order valence-electron chi connectivity index (χ3n) is 3.39. The van der Waals surface area contributed by atoms with Crippen LogP contribution >= 0.6 is 34.5 Å². The van der Waals surface area contributed by atoms with Gasteiger partial charge in [-0.25, -0.2) is 0 Å². The first-order valence-electron chi connectivity index (χ1n) is 6.80. The Balaban J connectivity index is 2.08. The Morgan fingerprint density at radius 3 is 2.45 bits per heavy atom. The monoisotopic (exact) mass is 327 g/mol. The SMILES string of the molecule is CCc1ccc(C(C)NC(C)c2ccc(Cl)cc2Cl)s1. The number of rotatable bonds is 5. The van der Waals surface area contributed by atoms with Crippen molar-refractivity contribution in [2.24, 2.45) is 0 Å². The highest BCUT2D eigenvalue weighted by Gasteiger charge is 2.15. The number of halogens is 2. The van der Waals surface area contributed by atoms with Gasteiger partial charge in [-0.1, -0.05) is 36.2 Å². The Labute approximate surface area is 134 Å². The van der Waals surface area contributed by atoms with Gasteiger partial charge >= 0.3 is 0 Å². The van der Waals surface area contributed by atoms with E-state index in [9.17, 15) is 0 Å². The first-order chi connectivity index (χ1) is 9.51. The molecule has 2 rings (SSSR count). The number of benzene rings is 1. The zero-order chi connectivity index (χ0) is 14.7. The molecule has 2 unspecified atom stereocenters. The molecular weight excluding hydrogens is 309 g/mol. The van der Waals surface area contributed by atoms with Crippen LogP contribution in [0.2, 0.25) is 10.0 Å². The summed E-state index contributed by atoms with van der Waals surface area (Å²) < 4.78 is 0. The summed E-state index contributed by atoms with van der Waals surface area (Å²) in [6, 6.07) is 10.6. The van der Waals surface area contributed by atoms with E-state index in [0.29, 0.717) is 16.1 Å². The average Bonchev–Trinajstić information content (AvgIpc) is 2.87. The first kappa shape index (κ1) is 15.8. The lowest BCUT2D eigenvalue weighted by Gasteiger charge is -2.20. The van der Waals surface area contributed by atoms with E-state index in [0.717, 1.165) is 12.0 Å². The summed E-state index contributed by atoms with van der Waals surface area (Å²) in [6.07, 6.45) is 1.09. The minimum atomic E-state index is 0.182. The second-order valence-electron chi connectivity index (χ2n) is 4.93. The van der Waals surface area contributed by atoms with Crippen molar-refractivity contribution in [3.8, 4) is 0 Å². The fourth-order valence-electron chi connectivity index (χ4n) is 2.22. The van der Waals surface area contributed by atoms with E-state index < -0.39 is 0 Å². The molecule has 1 heterocycles. The maximum absolute atomic E-state index is 6.26. The molecule has 0 amide bonds. The van der Waals surface area contributed by atoms with Gasteiger partial charge in [0, 0.05) is 31.9 Å². The van der Waals surface area contributed by atoms with Gasteiger partial charge in [0.15, 0.2) is 0 Å². The number of hydrogen-bond acceptors (Lipinski definition) is 2. The highest BCUT2D eigenvalue weighted by Crippen LogP contribution is 2.29. The summed E-state index contributed by atoms with van der Waals surface area (Å²) in [5.74, 6) is 0. The van der Waals surface area contributed by atoms with E-state index in [1.54, 1.807) is 6.07 Å². The Morgan fingerprint density at radius 1 is 1.10 bits per heavy atom. The molecule has 20 heavy (non-hydrogen) atoms. The van der Waals surface area contributed by atoms with Crippen molar-refractivity contribution < 1.29 is 0 Å². The first-order valence-corrected chi connectivity index (χ1v) is 8.38. The van der Waals surface area contributed by atoms with Gasteiger partial charge in [0.2, 0.25) is 0 Å². The average molecular weight is 328 g/mol. The van der Waals surface area contributed by atoms with Crippen LogP contribution in [0.3, 0.4) is 0 Å². The third kappa shape index (κ3) is 3.76. The zero-order valence-electron chi connectivity index (χ0n) is 11.9. The van der Waals surface area contributed by atoms with Gasteiger partial charge in [0.05, 0.1) is 0 Å². The van der Waals surface area contributed by atoms with Gasteiger partial charge in [-0.15, -0.1) is 11.3 Å². The van der Waals surface area contributed by atoms with E-state index in [2.05, 4.69) is 38.2 Å². The summed E-state index contributed by atoms with van der Waals surface area (Å²) in [7, 11) is 0. The summed E-state index contributed by atoms with van der Waals surface area (Å²) >= 11 is 14.1. The van der Waals surface area contributed by atoms with Crippen LogP contribution in [0, 0.1) is 0 Å². The Kier molecular flexibility index (Phi) is 5.50. The molecule has 4 heteroatoms. The molecule has 0 saturated carbocycles. The van der Waals surface area contributed by atoms with E-state index in [1.807, 2.05) is 23.5 Å². The zero-order valence-corrected chi connectivity index (χ0v) is 14.2. The molecule has 1 aromatic carbocycles. The molecule has 2 atom stereocenters. The van der Waals surface area contributed by atoms with Crippen LogP contribution in [-0.4, -0.2) is 0 Å². The van der Waals surface area contributed by atoms with Crippen LogP contribution in [0.4, 0.5) is 0 Å². The molecule has 1 N–H and O–H groups in total. The van der Waals surface area contributed by atoms with Gasteiger partial charge in [-0.2, -0.15) is 0 Å². The van der Waals surface area contributed by atoms with Crippen molar-refractivity contribution in [2.45, 2.75) is 39.3 Å². The van der Waals surface area contributed by atoms with E-state index in [4.69, 9.17) is 23.2 Å². The molecule has 0 fully saturated rings. The van der Waals surface area contributed by atoms with Crippen molar-refractivity contribution in [3.05, 3.63) is 55.7 Å². The fraction of sp³-hybridized carbons (Fsp3) is 0.375. The number of thiophene rings is 1. The lowest BCUT2D eigenvalue weighted by Crippen LogP contribution is -2.22. The highest BCUT2D eigenvalue weighted by molar-refractivity contribution is 7.12. The van der Waals surface area contributed by atoms with Crippen molar-refractivity contribution in [1.29, 1.82) is 0 Å². The number of nitrogens with one attached hydrogen (secondary N) is 1. The standard InChI is InChI=1S/C16H19Cl2NS/c1-4-13-6-8-16(20-13)11(3)19-10(2)14-7-5-12(17)9-15(14)18/h5-11,19H,4H2,1-3H3. The second kappa shape index (κ2) is 6.95. The Hall–Kier alpha value is -0.540. The molecule has 0 aliphatic rings. The minimum Gasteiger partial charge on any atom is -0.303 e. The molecule has 0 radical (unpaired) electrons. The highest BCUT2D eigenvalue weighted by atomic mass is 35.5.